The molecular formula is C11H14BrN5. The number of hydrogen-bond acceptors (Lipinski definition) is 4. The molecule has 0 atom stereocenters. The molecule has 1 saturated heterocycles. The zero-order valence-electron chi connectivity index (χ0n) is 9.36. The number of aromatic nitrogens is 3. The fourth-order valence-corrected chi connectivity index (χ4v) is 2.65. The fraction of sp³-hybridized carbons (Fsp3) is 0.455. The van der Waals surface area contributed by atoms with Crippen LogP contribution in [0.15, 0.2) is 16.7 Å². The Balaban J connectivity index is 2.07. The Labute approximate surface area is 108 Å². The maximum atomic E-state index is 6.00. The van der Waals surface area contributed by atoms with Crippen LogP contribution < -0.4 is 11.1 Å². The molecule has 1 fully saturated rings. The van der Waals surface area contributed by atoms with Crippen molar-refractivity contribution in [3.05, 3.63) is 22.4 Å². The van der Waals surface area contributed by atoms with Crippen LogP contribution >= 0.6 is 15.9 Å². The number of nitrogens with zero attached hydrogens (tertiary/aromatic N) is 3. The van der Waals surface area contributed by atoms with Gasteiger partial charge in [-0.1, -0.05) is 0 Å². The molecule has 17 heavy (non-hydrogen) atoms. The lowest BCUT2D eigenvalue weighted by molar-refractivity contribution is 0.453. The van der Waals surface area contributed by atoms with E-state index in [0.717, 1.165) is 41.7 Å². The summed E-state index contributed by atoms with van der Waals surface area (Å²) < 4.78 is 2.55. The number of fused-ring (bicyclic) bond motifs is 1. The maximum Gasteiger partial charge on any atom is 0.171 e. The van der Waals surface area contributed by atoms with Crippen molar-refractivity contribution in [1.82, 2.24) is 19.9 Å². The van der Waals surface area contributed by atoms with Gasteiger partial charge in [0.05, 0.1) is 10.7 Å². The number of rotatable bonds is 1. The quantitative estimate of drug-likeness (QED) is 0.837. The zero-order chi connectivity index (χ0) is 11.8. The van der Waals surface area contributed by atoms with E-state index in [1.54, 1.807) is 10.7 Å². The lowest BCUT2D eigenvalue weighted by atomic mass is 9.94. The molecule has 2 aromatic rings. The van der Waals surface area contributed by atoms with Gasteiger partial charge in [-0.25, -0.2) is 4.98 Å². The highest BCUT2D eigenvalue weighted by Crippen LogP contribution is 2.27. The summed E-state index contributed by atoms with van der Waals surface area (Å²) in [6, 6.07) is 1.95. The molecule has 0 bridgehead atoms. The van der Waals surface area contributed by atoms with Crippen molar-refractivity contribution in [2.24, 2.45) is 0 Å². The Morgan fingerprint density at radius 3 is 2.94 bits per heavy atom. The van der Waals surface area contributed by atoms with Gasteiger partial charge in [-0.05, 0) is 41.9 Å². The molecule has 0 radical (unpaired) electrons. The molecule has 0 unspecified atom stereocenters. The minimum absolute atomic E-state index is 0.505. The van der Waals surface area contributed by atoms with Gasteiger partial charge in [0.2, 0.25) is 0 Å². The predicted octanol–water partition coefficient (Wildman–Crippen LogP) is 1.54. The minimum Gasteiger partial charge on any atom is -0.384 e. The zero-order valence-corrected chi connectivity index (χ0v) is 10.9. The highest BCUT2D eigenvalue weighted by Gasteiger charge is 2.18. The molecule has 0 amide bonds. The van der Waals surface area contributed by atoms with Gasteiger partial charge in [0.25, 0.3) is 0 Å². The molecule has 3 rings (SSSR count). The van der Waals surface area contributed by atoms with E-state index in [-0.39, 0.29) is 0 Å². The van der Waals surface area contributed by atoms with Crippen LogP contribution in [0.1, 0.15) is 24.5 Å². The molecule has 6 heteroatoms. The van der Waals surface area contributed by atoms with Crippen LogP contribution in [-0.2, 0) is 0 Å². The first-order valence-corrected chi connectivity index (χ1v) is 6.55. The largest absolute Gasteiger partial charge is 0.384 e. The molecule has 0 spiro atoms. The van der Waals surface area contributed by atoms with Crippen LogP contribution in [0.2, 0.25) is 0 Å². The van der Waals surface area contributed by atoms with E-state index in [4.69, 9.17) is 5.73 Å². The van der Waals surface area contributed by atoms with E-state index in [1.165, 1.54) is 0 Å². The number of hydrogen-bond donors (Lipinski definition) is 2. The summed E-state index contributed by atoms with van der Waals surface area (Å²) in [7, 11) is 0. The molecule has 0 aromatic carbocycles. The molecule has 1 aliphatic heterocycles. The van der Waals surface area contributed by atoms with E-state index in [0.29, 0.717) is 11.7 Å². The fourth-order valence-electron chi connectivity index (χ4n) is 2.31. The molecular weight excluding hydrogens is 282 g/mol. The van der Waals surface area contributed by atoms with Crippen LogP contribution in [-0.4, -0.2) is 27.7 Å². The number of anilines is 1. The van der Waals surface area contributed by atoms with Crippen LogP contribution in [0.5, 0.6) is 0 Å². The Bertz CT molecular complexity index is 544. The second-order valence-corrected chi connectivity index (χ2v) is 5.21. The van der Waals surface area contributed by atoms with E-state index in [9.17, 15) is 0 Å². The number of nitrogens with two attached hydrogens (primary N) is 1. The number of nitrogens with one attached hydrogen (secondary N) is 1. The van der Waals surface area contributed by atoms with Gasteiger partial charge in [-0.2, -0.15) is 9.61 Å². The highest BCUT2D eigenvalue weighted by molar-refractivity contribution is 9.10. The van der Waals surface area contributed by atoms with E-state index >= 15 is 0 Å². The van der Waals surface area contributed by atoms with Gasteiger partial charge < -0.3 is 11.1 Å². The predicted molar refractivity (Wildman–Crippen MR) is 69.9 cm³/mol. The summed E-state index contributed by atoms with van der Waals surface area (Å²) in [5, 5.41) is 7.53. The van der Waals surface area contributed by atoms with Gasteiger partial charge in [0, 0.05) is 17.7 Å². The number of piperidine rings is 1. The first-order valence-electron chi connectivity index (χ1n) is 5.76. The van der Waals surface area contributed by atoms with E-state index < -0.39 is 0 Å². The average molecular weight is 296 g/mol. The first-order chi connectivity index (χ1) is 8.25. The molecule has 3 heterocycles. The van der Waals surface area contributed by atoms with Crippen molar-refractivity contribution in [2.75, 3.05) is 18.8 Å². The monoisotopic (exact) mass is 295 g/mol. The third-order valence-corrected chi connectivity index (χ3v) is 3.79. The number of halogens is 1. The molecule has 5 nitrogen and oxygen atoms in total. The van der Waals surface area contributed by atoms with Gasteiger partial charge in [0.15, 0.2) is 5.65 Å². The molecule has 0 saturated carbocycles. The van der Waals surface area contributed by atoms with Crippen molar-refractivity contribution in [3.8, 4) is 0 Å². The van der Waals surface area contributed by atoms with Crippen LogP contribution in [0.25, 0.3) is 5.65 Å². The van der Waals surface area contributed by atoms with Gasteiger partial charge in [0.1, 0.15) is 5.82 Å². The summed E-state index contributed by atoms with van der Waals surface area (Å²) in [6.45, 7) is 2.11. The topological polar surface area (TPSA) is 68.2 Å². The lowest BCUT2D eigenvalue weighted by Crippen LogP contribution is -2.27. The SMILES string of the molecule is Nc1cc(C2CCNCC2)nc2c(Br)cnn12. The summed E-state index contributed by atoms with van der Waals surface area (Å²) in [5.74, 6) is 1.15. The number of nitrogen functional groups attached to an aromatic ring is 1. The van der Waals surface area contributed by atoms with Gasteiger partial charge in [-0.15, -0.1) is 0 Å². The summed E-state index contributed by atoms with van der Waals surface area (Å²) in [4.78, 5) is 4.67. The summed E-state index contributed by atoms with van der Waals surface area (Å²) in [5.41, 5.74) is 7.89. The molecule has 3 N–H and O–H groups in total. The van der Waals surface area contributed by atoms with E-state index in [2.05, 4.69) is 31.3 Å². The van der Waals surface area contributed by atoms with E-state index in [1.807, 2.05) is 6.07 Å². The summed E-state index contributed by atoms with van der Waals surface area (Å²) in [6.07, 6.45) is 3.97. The smallest absolute Gasteiger partial charge is 0.171 e. The normalized spacial score (nSPS) is 17.7. The minimum atomic E-state index is 0.505. The van der Waals surface area contributed by atoms with Gasteiger partial charge in [-0.3, -0.25) is 0 Å². The van der Waals surface area contributed by atoms with Gasteiger partial charge >= 0.3 is 0 Å². The first kappa shape index (κ1) is 11.0. The van der Waals surface area contributed by atoms with Crippen LogP contribution in [0.4, 0.5) is 5.82 Å². The second kappa shape index (κ2) is 4.27. The molecule has 1 aliphatic rings. The standard InChI is InChI=1S/C11H14BrN5/c12-8-6-15-17-10(13)5-9(16-11(8)17)7-1-3-14-4-2-7/h5-7,14H,1-4,13H2. The average Bonchev–Trinajstić information content (AvgIpc) is 2.73. The van der Waals surface area contributed by atoms with Crippen molar-refractivity contribution >= 4 is 27.4 Å². The molecule has 2 aromatic heterocycles. The third-order valence-electron chi connectivity index (χ3n) is 3.23. The lowest BCUT2D eigenvalue weighted by Gasteiger charge is -2.22. The van der Waals surface area contributed by atoms with Crippen molar-refractivity contribution in [3.63, 3.8) is 0 Å². The Kier molecular flexibility index (Phi) is 2.76. The van der Waals surface area contributed by atoms with Crippen molar-refractivity contribution in [1.29, 1.82) is 0 Å². The molecule has 90 valence electrons. The highest BCUT2D eigenvalue weighted by atomic mass is 79.9. The van der Waals surface area contributed by atoms with Crippen molar-refractivity contribution < 1.29 is 0 Å². The van der Waals surface area contributed by atoms with Crippen LogP contribution in [0, 0.1) is 0 Å². The maximum absolute atomic E-state index is 6.00. The van der Waals surface area contributed by atoms with Crippen molar-refractivity contribution in [2.45, 2.75) is 18.8 Å². The Hall–Kier alpha value is -1.14. The third kappa shape index (κ3) is 1.91. The summed E-state index contributed by atoms with van der Waals surface area (Å²) >= 11 is 3.45. The Morgan fingerprint density at radius 1 is 1.41 bits per heavy atom. The second-order valence-electron chi connectivity index (χ2n) is 4.36. The van der Waals surface area contributed by atoms with Crippen LogP contribution in [0.3, 0.4) is 0 Å². The Morgan fingerprint density at radius 2 is 2.18 bits per heavy atom. The molecule has 0 aliphatic carbocycles.